The van der Waals surface area contributed by atoms with Crippen LogP contribution in [0.5, 0.6) is 23.0 Å². The molecule has 6 heterocycles. The van der Waals surface area contributed by atoms with E-state index in [2.05, 4.69) is 33.4 Å². The molecule has 5 aliphatic heterocycles. The van der Waals surface area contributed by atoms with Gasteiger partial charge in [0.05, 0.1) is 60.2 Å². The van der Waals surface area contributed by atoms with Crippen molar-refractivity contribution in [2.24, 2.45) is 21.6 Å². The summed E-state index contributed by atoms with van der Waals surface area (Å²) in [5.74, 6) is -1.42. The lowest BCUT2D eigenvalue weighted by molar-refractivity contribution is -0.137. The van der Waals surface area contributed by atoms with E-state index in [1.165, 1.54) is 31.9 Å². The number of carbonyl (C=O) groups excluding carboxylic acids is 8. The number of anilines is 1. The second-order valence-corrected chi connectivity index (χ2v) is 22.6. The summed E-state index contributed by atoms with van der Waals surface area (Å²) in [5, 5.41) is 11.2. The van der Waals surface area contributed by atoms with Crippen LogP contribution in [0.25, 0.3) is 0 Å². The first kappa shape index (κ1) is 61.2. The number of urea groups is 1. The molecular formula is C65H71N11O12. The molecule has 88 heavy (non-hydrogen) atoms. The van der Waals surface area contributed by atoms with Gasteiger partial charge in [0, 0.05) is 75.0 Å². The fourth-order valence-electron chi connectivity index (χ4n) is 11.4. The normalized spacial score (nSPS) is 16.9. The van der Waals surface area contributed by atoms with Gasteiger partial charge in [0.25, 0.3) is 23.6 Å². The molecule has 5 aromatic rings. The van der Waals surface area contributed by atoms with E-state index in [9.17, 15) is 38.4 Å². The third kappa shape index (κ3) is 14.3. The third-order valence-corrected chi connectivity index (χ3v) is 16.2. The molecule has 0 aliphatic carbocycles. The minimum atomic E-state index is -1.04. The smallest absolute Gasteiger partial charge is 0.312 e. The van der Waals surface area contributed by atoms with Gasteiger partial charge in [0.2, 0.25) is 17.7 Å². The minimum Gasteiger partial charge on any atom is -0.493 e. The predicted molar refractivity (Wildman–Crippen MR) is 326 cm³/mol. The Hall–Kier alpha value is -9.93. The van der Waals surface area contributed by atoms with Gasteiger partial charge in [-0.15, -0.1) is 0 Å². The summed E-state index contributed by atoms with van der Waals surface area (Å²) in [6.45, 7) is 4.88. The zero-order valence-corrected chi connectivity index (χ0v) is 49.5. The number of hydrogen-bond acceptors (Lipinski definition) is 15. The number of aliphatic imine (C=N–C) groups is 2. The molecule has 9 amide bonds. The molecule has 458 valence electrons. The Balaban J connectivity index is 0.755. The molecule has 10 rings (SSSR count). The van der Waals surface area contributed by atoms with Crippen molar-refractivity contribution in [1.29, 1.82) is 0 Å². The Labute approximate surface area is 509 Å². The highest BCUT2D eigenvalue weighted by Crippen LogP contribution is 2.41. The number of benzene rings is 4. The van der Waals surface area contributed by atoms with Crippen molar-refractivity contribution < 1.29 is 57.3 Å². The lowest BCUT2D eigenvalue weighted by atomic mass is 9.93. The number of fused-ring (bicyclic) bond motifs is 6. The monoisotopic (exact) mass is 1200 g/mol. The van der Waals surface area contributed by atoms with E-state index in [1.54, 1.807) is 55.3 Å². The molecule has 0 fully saturated rings. The molecule has 6 N–H and O–H groups in total. The molecule has 0 bridgehead atoms. The highest BCUT2D eigenvalue weighted by atomic mass is 16.5. The number of imide groups is 1. The Morgan fingerprint density at radius 2 is 1.23 bits per heavy atom. The number of nitrogens with two attached hydrogens (primary N) is 1. The van der Waals surface area contributed by atoms with Crippen molar-refractivity contribution in [2.45, 2.75) is 122 Å². The van der Waals surface area contributed by atoms with Crippen molar-refractivity contribution in [3.63, 3.8) is 0 Å². The number of amides is 9. The summed E-state index contributed by atoms with van der Waals surface area (Å²) in [7, 11) is 3.01. The van der Waals surface area contributed by atoms with Crippen molar-refractivity contribution in [3.05, 3.63) is 142 Å². The zero-order chi connectivity index (χ0) is 62.0. The van der Waals surface area contributed by atoms with E-state index in [4.69, 9.17) is 39.6 Å². The lowest BCUT2D eigenvalue weighted by Gasteiger charge is -2.34. The number of ether oxygens (including phenoxy) is 4. The van der Waals surface area contributed by atoms with Crippen LogP contribution in [0, 0.1) is 5.92 Å². The summed E-state index contributed by atoms with van der Waals surface area (Å²) in [6, 6.07) is 22.5. The van der Waals surface area contributed by atoms with E-state index in [0.29, 0.717) is 114 Å². The maximum absolute atomic E-state index is 14.5. The van der Waals surface area contributed by atoms with Gasteiger partial charge in [-0.3, -0.25) is 53.4 Å². The third-order valence-electron chi connectivity index (χ3n) is 16.2. The largest absolute Gasteiger partial charge is 0.493 e. The van der Waals surface area contributed by atoms with Crippen molar-refractivity contribution in [3.8, 4) is 23.0 Å². The van der Waals surface area contributed by atoms with E-state index < -0.39 is 36.0 Å². The van der Waals surface area contributed by atoms with E-state index in [0.717, 1.165) is 21.6 Å². The number of nitrogens with zero attached hydrogens (tertiary/aromatic N) is 6. The van der Waals surface area contributed by atoms with Crippen LogP contribution in [-0.4, -0.2) is 131 Å². The fraction of sp³-hybridized carbons (Fsp3) is 0.369. The number of hydrogen-bond donors (Lipinski definition) is 5. The van der Waals surface area contributed by atoms with Crippen LogP contribution < -0.4 is 45.9 Å². The zero-order valence-electron chi connectivity index (χ0n) is 49.5. The summed E-state index contributed by atoms with van der Waals surface area (Å²) < 4.78 is 24.1. The molecule has 0 saturated carbocycles. The van der Waals surface area contributed by atoms with Crippen LogP contribution in [0.3, 0.4) is 0 Å². The Morgan fingerprint density at radius 1 is 0.636 bits per heavy atom. The average Bonchev–Trinajstić information content (AvgIpc) is 1.79. The van der Waals surface area contributed by atoms with Crippen LogP contribution in [-0.2, 0) is 63.1 Å². The summed E-state index contributed by atoms with van der Waals surface area (Å²) in [6.07, 6.45) is 9.94. The number of carbonyl (C=O) groups is 8. The van der Waals surface area contributed by atoms with Crippen LogP contribution in [0.1, 0.15) is 113 Å². The second-order valence-electron chi connectivity index (χ2n) is 22.6. The van der Waals surface area contributed by atoms with Gasteiger partial charge in [-0.1, -0.05) is 56.7 Å². The highest BCUT2D eigenvalue weighted by Gasteiger charge is 2.36. The number of nitrogens with one attached hydrogen (secondary N) is 4. The SMILES string of the molecule is COc1cc2c(cc1OCc1cccc(COc3cc4c(cc3OC)C(=O)N3Cc5cc(NC(=O)[C@H](CCCCNC(N)=O)NC(=O)[C@@H](NC(=O)CCCCCN6C(=O)C=CC6=O)C(C)C)ccc5C[C@H]3C=N4)n1)N=C[C@@H]1Cc3ccccc3CN1C2=O. The first-order valence-electron chi connectivity index (χ1n) is 29.5. The quantitative estimate of drug-likeness (QED) is 0.0300. The van der Waals surface area contributed by atoms with Gasteiger partial charge in [0.1, 0.15) is 25.3 Å². The molecule has 0 unspecified atom stereocenters. The predicted octanol–water partition coefficient (Wildman–Crippen LogP) is 6.71. The first-order valence-corrected chi connectivity index (χ1v) is 29.5. The molecule has 0 saturated heterocycles. The van der Waals surface area contributed by atoms with E-state index in [-0.39, 0.29) is 87.2 Å². The second kappa shape index (κ2) is 27.6. The van der Waals surface area contributed by atoms with Gasteiger partial charge in [-0.2, -0.15) is 0 Å². The molecule has 23 nitrogen and oxygen atoms in total. The number of rotatable bonds is 25. The Morgan fingerprint density at radius 3 is 1.82 bits per heavy atom. The van der Waals surface area contributed by atoms with Crippen molar-refractivity contribution in [1.82, 2.24) is 35.6 Å². The molecule has 23 heteroatoms. The average molecular weight is 1200 g/mol. The number of primary amides is 1. The van der Waals surface area contributed by atoms with Crippen molar-refractivity contribution in [2.75, 3.05) is 32.6 Å². The summed E-state index contributed by atoms with van der Waals surface area (Å²) >= 11 is 0. The first-order chi connectivity index (χ1) is 42.5. The molecule has 4 aromatic carbocycles. The van der Waals surface area contributed by atoms with Crippen molar-refractivity contribution >= 4 is 76.9 Å². The minimum absolute atomic E-state index is 0.0414. The Bertz CT molecular complexity index is 3620. The van der Waals surface area contributed by atoms with Gasteiger partial charge in [0.15, 0.2) is 23.0 Å². The maximum Gasteiger partial charge on any atom is 0.312 e. The van der Waals surface area contributed by atoms with Gasteiger partial charge in [-0.25, -0.2) is 4.79 Å². The summed E-state index contributed by atoms with van der Waals surface area (Å²) in [5.41, 5.74) is 12.6. The standard InChI is InChI=1S/C65H71N11O12/c1-38(2)60(73-57(77)18-6-5-11-24-74-58(78)21-22-59(74)79)62(81)72-50(17-9-10-23-67-65(66)84)61(80)71-43-20-19-40-27-47-33-69-52-31-56(54(86-4)29-49(52)64(83)76(47)35-42(40)25-43)88-37-45-16-12-15-44(70-45)36-87-55-30-51-48(28-53(55)85-3)63(82)75-34-41-14-8-7-13-39(41)26-46(75)32-68-51/h7-8,12-16,19-22,25,28-33,38,46-47,50,60H,5-6,9-11,17-18,23-24,26-27,34-37H2,1-4H3,(H,71,80)(H,72,81)(H,73,77)(H3,66,67,84)/t46-,47-,50-,60-/m0/s1. The van der Waals surface area contributed by atoms with Gasteiger partial charge in [-0.05, 0) is 110 Å². The lowest BCUT2D eigenvalue weighted by Crippen LogP contribution is -2.54. The number of methoxy groups -OCH3 is 2. The van der Waals surface area contributed by atoms with Gasteiger partial charge >= 0.3 is 6.03 Å². The topological polar surface area (TPSA) is 295 Å². The fourth-order valence-corrected chi connectivity index (χ4v) is 11.4. The maximum atomic E-state index is 14.5. The molecule has 0 spiro atoms. The highest BCUT2D eigenvalue weighted by molar-refractivity contribution is 6.13. The molecule has 0 radical (unpaired) electrons. The molecule has 4 atom stereocenters. The molecule has 5 aliphatic rings. The van der Waals surface area contributed by atoms with E-state index >= 15 is 0 Å². The molecular weight excluding hydrogens is 1130 g/mol. The van der Waals surface area contributed by atoms with Crippen LogP contribution in [0.2, 0.25) is 0 Å². The van der Waals surface area contributed by atoms with Crippen LogP contribution >= 0.6 is 0 Å². The van der Waals surface area contributed by atoms with E-state index in [1.807, 2.05) is 53.6 Å². The Kier molecular flexibility index (Phi) is 19.2. The number of pyridine rings is 1. The number of unbranched alkanes of at least 4 members (excludes halogenated alkanes) is 3. The van der Waals surface area contributed by atoms with Crippen LogP contribution in [0.15, 0.2) is 107 Å². The summed E-state index contributed by atoms with van der Waals surface area (Å²) in [4.78, 5) is 124. The van der Waals surface area contributed by atoms with Gasteiger partial charge < -0.3 is 55.7 Å². The number of aromatic nitrogens is 1. The van der Waals surface area contributed by atoms with Crippen LogP contribution in [0.4, 0.5) is 21.9 Å². The molecule has 1 aromatic heterocycles.